The molecule has 104 valence electrons. The van der Waals surface area contributed by atoms with E-state index >= 15 is 0 Å². The summed E-state index contributed by atoms with van der Waals surface area (Å²) >= 11 is 0. The molecule has 0 aromatic carbocycles. The molecule has 2 rings (SSSR count). The van der Waals surface area contributed by atoms with Gasteiger partial charge in [0.15, 0.2) is 5.82 Å². The zero-order valence-electron chi connectivity index (χ0n) is 11.6. The number of hydrogen-bond donors (Lipinski definition) is 2. The minimum Gasteiger partial charge on any atom is -0.355 e. The first-order valence-electron chi connectivity index (χ1n) is 6.74. The molecule has 3 N–H and O–H groups in total. The first-order chi connectivity index (χ1) is 8.96. The van der Waals surface area contributed by atoms with Crippen LogP contribution >= 0.6 is 0 Å². The fourth-order valence-electron chi connectivity index (χ4n) is 2.28. The summed E-state index contributed by atoms with van der Waals surface area (Å²) < 4.78 is 0. The van der Waals surface area contributed by atoms with Crippen molar-refractivity contribution in [2.45, 2.75) is 38.6 Å². The molecule has 0 spiro atoms. The molecule has 1 aromatic heterocycles. The van der Waals surface area contributed by atoms with Gasteiger partial charge >= 0.3 is 0 Å². The van der Waals surface area contributed by atoms with Crippen LogP contribution in [0.2, 0.25) is 0 Å². The molecule has 1 fully saturated rings. The van der Waals surface area contributed by atoms with Crippen LogP contribution in [-0.2, 0) is 4.79 Å². The van der Waals surface area contributed by atoms with Gasteiger partial charge in [0.1, 0.15) is 0 Å². The van der Waals surface area contributed by atoms with E-state index in [1.165, 1.54) is 12.8 Å². The lowest BCUT2D eigenvalue weighted by Gasteiger charge is -2.21. The van der Waals surface area contributed by atoms with Crippen molar-refractivity contribution in [2.24, 2.45) is 5.73 Å². The molecule has 19 heavy (non-hydrogen) atoms. The molecule has 0 radical (unpaired) electrons. The summed E-state index contributed by atoms with van der Waals surface area (Å²) in [6.45, 7) is 5.69. The number of carbonyl (C=O) groups excluding carboxylic acids is 1. The third-order valence-electron chi connectivity index (χ3n) is 3.08. The average Bonchev–Trinajstić information content (AvgIpc) is 2.80. The van der Waals surface area contributed by atoms with Gasteiger partial charge < -0.3 is 16.0 Å². The van der Waals surface area contributed by atoms with Crippen LogP contribution < -0.4 is 16.0 Å². The van der Waals surface area contributed by atoms with E-state index in [-0.39, 0.29) is 5.91 Å². The first kappa shape index (κ1) is 13.8. The lowest BCUT2D eigenvalue weighted by atomic mass is 10.0. The van der Waals surface area contributed by atoms with Gasteiger partial charge in [-0.3, -0.25) is 4.79 Å². The maximum atomic E-state index is 12.0. The van der Waals surface area contributed by atoms with Crippen LogP contribution in [0.4, 0.5) is 11.5 Å². The zero-order chi connectivity index (χ0) is 13.9. The minimum absolute atomic E-state index is 0.0686. The molecule has 0 unspecified atom stereocenters. The topological polar surface area (TPSA) is 71.2 Å². The molecule has 1 aliphatic heterocycles. The van der Waals surface area contributed by atoms with E-state index in [0.717, 1.165) is 24.6 Å². The third-order valence-corrected chi connectivity index (χ3v) is 3.08. The fraction of sp³-hybridized carbons (Fsp3) is 0.571. The highest BCUT2D eigenvalue weighted by Crippen LogP contribution is 2.26. The molecule has 0 saturated carbocycles. The van der Waals surface area contributed by atoms with Crippen LogP contribution in [0.15, 0.2) is 18.3 Å². The van der Waals surface area contributed by atoms with Crippen molar-refractivity contribution in [1.29, 1.82) is 0 Å². The average molecular weight is 262 g/mol. The van der Waals surface area contributed by atoms with Gasteiger partial charge in [-0.1, -0.05) is 0 Å². The highest BCUT2D eigenvalue weighted by molar-refractivity contribution is 5.94. The van der Waals surface area contributed by atoms with Crippen LogP contribution in [0.3, 0.4) is 0 Å². The van der Waals surface area contributed by atoms with Crippen molar-refractivity contribution in [3.63, 3.8) is 0 Å². The van der Waals surface area contributed by atoms with Crippen LogP contribution in [0.1, 0.15) is 33.1 Å². The summed E-state index contributed by atoms with van der Waals surface area (Å²) in [5, 5.41) is 2.92. The van der Waals surface area contributed by atoms with Crippen LogP contribution in [0.5, 0.6) is 0 Å². The molecular formula is C14H22N4O. The van der Waals surface area contributed by atoms with Gasteiger partial charge in [0.2, 0.25) is 5.91 Å². The number of pyridine rings is 1. The number of amides is 1. The summed E-state index contributed by atoms with van der Waals surface area (Å²) in [6.07, 6.45) is 4.41. The highest BCUT2D eigenvalue weighted by atomic mass is 16.1. The Hall–Kier alpha value is -1.62. The molecule has 1 saturated heterocycles. The van der Waals surface area contributed by atoms with Gasteiger partial charge in [-0.15, -0.1) is 0 Å². The van der Waals surface area contributed by atoms with E-state index in [1.54, 1.807) is 6.20 Å². The Morgan fingerprint density at radius 2 is 2.16 bits per heavy atom. The van der Waals surface area contributed by atoms with Crippen molar-refractivity contribution in [1.82, 2.24) is 4.98 Å². The van der Waals surface area contributed by atoms with Gasteiger partial charge in [0, 0.05) is 31.2 Å². The Labute approximate surface area is 114 Å². The predicted molar refractivity (Wildman–Crippen MR) is 77.2 cm³/mol. The molecule has 5 nitrogen and oxygen atoms in total. The largest absolute Gasteiger partial charge is 0.355 e. The van der Waals surface area contributed by atoms with E-state index in [0.29, 0.717) is 6.42 Å². The monoisotopic (exact) mass is 262 g/mol. The van der Waals surface area contributed by atoms with E-state index < -0.39 is 5.54 Å². The van der Waals surface area contributed by atoms with Gasteiger partial charge in [0.25, 0.3) is 0 Å². The quantitative estimate of drug-likeness (QED) is 0.867. The fourth-order valence-corrected chi connectivity index (χ4v) is 2.28. The number of nitrogens with zero attached hydrogens (tertiary/aromatic N) is 2. The molecule has 5 heteroatoms. The SMILES string of the molecule is CC(C)(N)CC(=O)Nc1cccnc1N1CCCC1. The smallest absolute Gasteiger partial charge is 0.226 e. The Morgan fingerprint density at radius 3 is 2.79 bits per heavy atom. The maximum absolute atomic E-state index is 12.0. The number of aromatic nitrogens is 1. The van der Waals surface area contributed by atoms with Crippen LogP contribution in [0, 0.1) is 0 Å². The number of rotatable bonds is 4. The second kappa shape index (κ2) is 5.57. The van der Waals surface area contributed by atoms with Crippen molar-refractivity contribution in [3.05, 3.63) is 18.3 Å². The molecule has 2 heterocycles. The van der Waals surface area contributed by atoms with E-state index in [4.69, 9.17) is 5.73 Å². The normalized spacial score (nSPS) is 15.6. The molecule has 0 bridgehead atoms. The summed E-state index contributed by atoms with van der Waals surface area (Å²) in [6, 6.07) is 3.73. The molecular weight excluding hydrogens is 240 g/mol. The number of hydrogen-bond acceptors (Lipinski definition) is 4. The second-order valence-electron chi connectivity index (χ2n) is 5.78. The number of nitrogens with one attached hydrogen (secondary N) is 1. The maximum Gasteiger partial charge on any atom is 0.226 e. The summed E-state index contributed by atoms with van der Waals surface area (Å²) in [5.41, 5.74) is 6.14. The molecule has 1 aromatic rings. The minimum atomic E-state index is -0.500. The van der Waals surface area contributed by atoms with Crippen LogP contribution in [-0.4, -0.2) is 29.5 Å². The number of nitrogens with two attached hydrogens (primary N) is 1. The standard InChI is InChI=1S/C14H22N4O/c1-14(2,15)10-12(19)17-11-6-5-7-16-13(11)18-8-3-4-9-18/h5-7H,3-4,8-10,15H2,1-2H3,(H,17,19). The predicted octanol–water partition coefficient (Wildman–Crippen LogP) is 1.75. The van der Waals surface area contributed by atoms with E-state index in [2.05, 4.69) is 15.2 Å². The van der Waals surface area contributed by atoms with Crippen LogP contribution in [0.25, 0.3) is 0 Å². The summed E-state index contributed by atoms with van der Waals surface area (Å²) in [4.78, 5) is 18.6. The molecule has 1 amide bonds. The Kier molecular flexibility index (Phi) is 4.04. The molecule has 0 aliphatic carbocycles. The second-order valence-corrected chi connectivity index (χ2v) is 5.78. The lowest BCUT2D eigenvalue weighted by Crippen LogP contribution is -2.36. The zero-order valence-corrected chi connectivity index (χ0v) is 11.6. The van der Waals surface area contributed by atoms with Gasteiger partial charge in [-0.05, 0) is 38.8 Å². The van der Waals surface area contributed by atoms with Gasteiger partial charge in [-0.2, -0.15) is 0 Å². The van der Waals surface area contributed by atoms with E-state index in [1.807, 2.05) is 26.0 Å². The lowest BCUT2D eigenvalue weighted by molar-refractivity contribution is -0.117. The van der Waals surface area contributed by atoms with Crippen molar-refractivity contribution in [3.8, 4) is 0 Å². The number of carbonyl (C=O) groups is 1. The summed E-state index contributed by atoms with van der Waals surface area (Å²) in [7, 11) is 0. The summed E-state index contributed by atoms with van der Waals surface area (Å²) in [5.74, 6) is 0.795. The van der Waals surface area contributed by atoms with Crippen molar-refractivity contribution < 1.29 is 4.79 Å². The highest BCUT2D eigenvalue weighted by Gasteiger charge is 2.20. The van der Waals surface area contributed by atoms with Gasteiger partial charge in [0.05, 0.1) is 5.69 Å². The molecule has 0 atom stereocenters. The van der Waals surface area contributed by atoms with Gasteiger partial charge in [-0.25, -0.2) is 4.98 Å². The van der Waals surface area contributed by atoms with Crippen molar-refractivity contribution >= 4 is 17.4 Å². The third kappa shape index (κ3) is 3.92. The Morgan fingerprint density at radius 1 is 1.47 bits per heavy atom. The molecule has 1 aliphatic rings. The Balaban J connectivity index is 2.09. The Bertz CT molecular complexity index is 447. The van der Waals surface area contributed by atoms with E-state index in [9.17, 15) is 4.79 Å². The first-order valence-corrected chi connectivity index (χ1v) is 6.74. The van der Waals surface area contributed by atoms with Crippen molar-refractivity contribution in [2.75, 3.05) is 23.3 Å². The number of anilines is 2.